The molecule has 1 aromatic heterocycles. The lowest BCUT2D eigenvalue weighted by Crippen LogP contribution is -2.39. The number of furan rings is 1. The molecule has 4 rings (SSSR count). The van der Waals surface area contributed by atoms with E-state index in [1.54, 1.807) is 6.07 Å². The van der Waals surface area contributed by atoms with Crippen LogP contribution in [-0.4, -0.2) is 18.6 Å². The predicted molar refractivity (Wildman–Crippen MR) is 110 cm³/mol. The third-order valence-corrected chi connectivity index (χ3v) is 4.67. The van der Waals surface area contributed by atoms with Crippen molar-refractivity contribution in [1.29, 1.82) is 0 Å². The van der Waals surface area contributed by atoms with Crippen LogP contribution in [0.5, 0.6) is 0 Å². The number of carbonyl (C=O) groups is 1. The number of anilines is 1. The number of benzene rings is 1. The van der Waals surface area contributed by atoms with Crippen LogP contribution in [0.2, 0.25) is 0 Å². The zero-order chi connectivity index (χ0) is 19.3. The molecule has 0 bridgehead atoms. The van der Waals surface area contributed by atoms with Crippen molar-refractivity contribution in [2.75, 3.05) is 11.9 Å². The van der Waals surface area contributed by atoms with Crippen molar-refractivity contribution in [3.05, 3.63) is 77.2 Å². The predicted octanol–water partition coefficient (Wildman–Crippen LogP) is 3.43. The first-order chi connectivity index (χ1) is 13.7. The first-order valence-electron chi connectivity index (χ1n) is 9.43. The van der Waals surface area contributed by atoms with E-state index in [2.05, 4.69) is 21.5 Å². The maximum Gasteiger partial charge on any atom is 0.251 e. The molecule has 4 N–H and O–H groups in total. The van der Waals surface area contributed by atoms with Crippen LogP contribution in [0.25, 0.3) is 0 Å². The van der Waals surface area contributed by atoms with Crippen molar-refractivity contribution in [1.82, 2.24) is 16.2 Å². The van der Waals surface area contributed by atoms with Crippen molar-refractivity contribution in [2.45, 2.75) is 32.4 Å². The van der Waals surface area contributed by atoms with Crippen LogP contribution < -0.4 is 21.5 Å². The first-order valence-corrected chi connectivity index (χ1v) is 9.43. The Balaban J connectivity index is 0.00000160. The van der Waals surface area contributed by atoms with Crippen molar-refractivity contribution < 1.29 is 16.8 Å². The van der Waals surface area contributed by atoms with Crippen molar-refractivity contribution in [3.63, 3.8) is 0 Å². The van der Waals surface area contributed by atoms with E-state index in [1.807, 2.05) is 49.4 Å². The van der Waals surface area contributed by atoms with Gasteiger partial charge in [0, 0.05) is 20.7 Å². The molecule has 2 aliphatic heterocycles. The molecule has 1 unspecified atom stereocenters. The second-order valence-corrected chi connectivity index (χ2v) is 6.85. The van der Waals surface area contributed by atoms with Crippen LogP contribution in [0.1, 0.15) is 37.6 Å². The van der Waals surface area contributed by atoms with Gasteiger partial charge in [0.25, 0.3) is 5.91 Å². The van der Waals surface area contributed by atoms with E-state index in [4.69, 9.17) is 9.15 Å². The lowest BCUT2D eigenvalue weighted by atomic mass is 10.1. The van der Waals surface area contributed by atoms with E-state index in [-0.39, 0.29) is 14.9 Å². The average molecular weight is 384 g/mol. The van der Waals surface area contributed by atoms with E-state index in [0.717, 1.165) is 48.2 Å². The zero-order valence-electron chi connectivity index (χ0n) is 15.7. The average Bonchev–Trinajstić information content (AvgIpc) is 3.39. The maximum atomic E-state index is 12.4. The Labute approximate surface area is 166 Å². The Hall–Kier alpha value is -3.19. The number of carbonyl (C=O) groups excluding carboxylic acids is 1. The topological polar surface area (TPSA) is 87.6 Å². The highest BCUT2D eigenvalue weighted by atomic mass is 16.5. The van der Waals surface area contributed by atoms with E-state index < -0.39 is 0 Å². The Morgan fingerprint density at radius 3 is 2.89 bits per heavy atom. The number of amides is 1. The normalized spacial score (nSPS) is 18.5. The van der Waals surface area contributed by atoms with Gasteiger partial charge in [-0.1, -0.05) is 6.07 Å². The number of allylic oxidation sites excluding steroid dienone is 2. The van der Waals surface area contributed by atoms with Crippen LogP contribution in [0.15, 0.2) is 64.5 Å². The fraction of sp³-hybridized carbons (Fsp3) is 0.286. The van der Waals surface area contributed by atoms with Gasteiger partial charge in [-0.2, -0.15) is 0 Å². The highest BCUT2D eigenvalue weighted by Crippen LogP contribution is 2.20. The van der Waals surface area contributed by atoms with Crippen molar-refractivity contribution in [3.8, 4) is 0 Å². The zero-order valence-corrected chi connectivity index (χ0v) is 15.7. The Kier molecular flexibility index (Phi) is 5.34. The summed E-state index contributed by atoms with van der Waals surface area (Å²) < 4.78 is 11.1. The van der Waals surface area contributed by atoms with Crippen LogP contribution >= 0.6 is 0 Å². The SMILES string of the molecule is Cc1ccc(CNC(=O)c2cccc(NC3=CC=C(C4CCCO4)NN3)c2)o1.[HH].[HH]. The van der Waals surface area contributed by atoms with Gasteiger partial charge in [0.05, 0.1) is 18.3 Å². The van der Waals surface area contributed by atoms with Gasteiger partial charge < -0.3 is 25.2 Å². The van der Waals surface area contributed by atoms with Gasteiger partial charge >= 0.3 is 0 Å². The minimum absolute atomic E-state index is 0. The van der Waals surface area contributed by atoms with Crippen LogP contribution in [0, 0.1) is 6.92 Å². The number of hydrogen-bond acceptors (Lipinski definition) is 6. The highest BCUT2D eigenvalue weighted by Gasteiger charge is 2.21. The smallest absolute Gasteiger partial charge is 0.251 e. The Morgan fingerprint density at radius 1 is 1.25 bits per heavy atom. The molecule has 2 aromatic rings. The van der Waals surface area contributed by atoms with Gasteiger partial charge in [0.1, 0.15) is 17.3 Å². The Bertz CT molecular complexity index is 920. The van der Waals surface area contributed by atoms with Crippen LogP contribution in [-0.2, 0) is 11.3 Å². The molecule has 28 heavy (non-hydrogen) atoms. The van der Waals surface area contributed by atoms with Gasteiger partial charge in [0.15, 0.2) is 0 Å². The molecule has 0 spiro atoms. The largest absolute Gasteiger partial charge is 0.465 e. The summed E-state index contributed by atoms with van der Waals surface area (Å²) in [5.74, 6) is 2.21. The summed E-state index contributed by atoms with van der Waals surface area (Å²) in [5, 5.41) is 6.14. The molecule has 1 fully saturated rings. The summed E-state index contributed by atoms with van der Waals surface area (Å²) >= 11 is 0. The van der Waals surface area contributed by atoms with Crippen LogP contribution in [0.4, 0.5) is 5.69 Å². The molecule has 1 saturated heterocycles. The molecule has 150 valence electrons. The van der Waals surface area contributed by atoms with Gasteiger partial charge in [-0.25, -0.2) is 0 Å². The molecule has 1 atom stereocenters. The summed E-state index contributed by atoms with van der Waals surface area (Å²) in [7, 11) is 0. The quantitative estimate of drug-likeness (QED) is 0.610. The summed E-state index contributed by atoms with van der Waals surface area (Å²) in [4.78, 5) is 12.4. The number of ether oxygens (including phenoxy) is 1. The van der Waals surface area contributed by atoms with E-state index in [0.29, 0.717) is 12.1 Å². The number of nitrogens with one attached hydrogen (secondary N) is 4. The fourth-order valence-corrected chi connectivity index (χ4v) is 3.22. The third kappa shape index (κ3) is 4.37. The van der Waals surface area contributed by atoms with Crippen molar-refractivity contribution in [2.24, 2.45) is 0 Å². The van der Waals surface area contributed by atoms with E-state index >= 15 is 0 Å². The fourth-order valence-electron chi connectivity index (χ4n) is 3.22. The molecule has 2 aliphatic rings. The minimum Gasteiger partial charge on any atom is -0.465 e. The molecule has 3 heterocycles. The van der Waals surface area contributed by atoms with E-state index in [1.165, 1.54) is 0 Å². The third-order valence-electron chi connectivity index (χ3n) is 4.67. The van der Waals surface area contributed by atoms with E-state index in [9.17, 15) is 4.79 Å². The molecular weight excluding hydrogens is 356 g/mol. The number of hydrogen-bond donors (Lipinski definition) is 4. The maximum absolute atomic E-state index is 12.4. The highest BCUT2D eigenvalue weighted by molar-refractivity contribution is 5.95. The van der Waals surface area contributed by atoms with Gasteiger partial charge in [-0.15, -0.1) is 0 Å². The lowest BCUT2D eigenvalue weighted by Gasteiger charge is -2.23. The number of aryl methyl sites for hydroxylation is 1. The summed E-state index contributed by atoms with van der Waals surface area (Å²) in [6.07, 6.45) is 6.23. The van der Waals surface area contributed by atoms with Crippen LogP contribution in [0.3, 0.4) is 0 Å². The molecule has 1 aromatic carbocycles. The summed E-state index contributed by atoms with van der Waals surface area (Å²) in [6, 6.07) is 11.1. The molecular formula is C21H28N4O3. The molecule has 0 aliphatic carbocycles. The van der Waals surface area contributed by atoms with Gasteiger partial charge in [0.2, 0.25) is 0 Å². The molecule has 1 amide bonds. The second kappa shape index (κ2) is 8.22. The minimum atomic E-state index is -0.151. The van der Waals surface area contributed by atoms with Crippen molar-refractivity contribution >= 4 is 11.6 Å². The number of hydrazine groups is 1. The van der Waals surface area contributed by atoms with Gasteiger partial charge in [-0.05, 0) is 62.2 Å². The Morgan fingerprint density at radius 2 is 2.18 bits per heavy atom. The standard InChI is InChI=1S/C21H24N4O3.2H2/c1-14-7-8-17(28-14)13-22-21(26)15-4-2-5-16(12-15)23-20-10-9-18(24-25-20)19-6-3-11-27-19;;/h2,4-5,7-10,12,19,23-25H,3,6,11,13H2,1H3,(H,22,26);2*1H. The number of rotatable bonds is 6. The molecule has 0 saturated carbocycles. The molecule has 7 heteroatoms. The van der Waals surface area contributed by atoms with Gasteiger partial charge in [-0.3, -0.25) is 10.2 Å². The second-order valence-electron chi connectivity index (χ2n) is 6.85. The first kappa shape index (κ1) is 18.2. The monoisotopic (exact) mass is 384 g/mol. The summed E-state index contributed by atoms with van der Waals surface area (Å²) in [6.45, 7) is 3.05. The lowest BCUT2D eigenvalue weighted by molar-refractivity contribution is 0.0948. The summed E-state index contributed by atoms with van der Waals surface area (Å²) in [5.41, 5.74) is 8.73. The molecule has 0 radical (unpaired) electrons. The molecule has 7 nitrogen and oxygen atoms in total.